The lowest BCUT2D eigenvalue weighted by atomic mass is 10.9. The number of hydrogen-bond donors (Lipinski definition) is 3. The van der Waals surface area contributed by atoms with Gasteiger partial charge in [-0.2, -0.15) is 5.53 Å². The van der Waals surface area contributed by atoms with Gasteiger partial charge in [0, 0.05) is 0 Å². The van der Waals surface area contributed by atoms with Gasteiger partial charge in [0.05, 0.1) is 6.61 Å². The molecule has 4 N–H and O–H groups in total. The average molecular weight is 119 g/mol. The molecular formula is C3H9N3O2. The van der Waals surface area contributed by atoms with E-state index < -0.39 is 6.09 Å². The van der Waals surface area contributed by atoms with Gasteiger partial charge in [-0.1, -0.05) is 0 Å². The SMILES string of the molecule is CCOC(=O)NNN. The maximum absolute atomic E-state index is 10.2. The largest absolute Gasteiger partial charge is 0.449 e. The van der Waals surface area contributed by atoms with Crippen LogP contribution in [0.25, 0.3) is 0 Å². The highest BCUT2D eigenvalue weighted by molar-refractivity contribution is 5.66. The van der Waals surface area contributed by atoms with Gasteiger partial charge in [0.15, 0.2) is 0 Å². The van der Waals surface area contributed by atoms with Crippen molar-refractivity contribution in [1.82, 2.24) is 11.0 Å². The fourth-order valence-electron chi connectivity index (χ4n) is 0.226. The smallest absolute Gasteiger partial charge is 0.422 e. The molecule has 8 heavy (non-hydrogen) atoms. The lowest BCUT2D eigenvalue weighted by Crippen LogP contribution is -2.42. The predicted molar refractivity (Wildman–Crippen MR) is 27.5 cm³/mol. The van der Waals surface area contributed by atoms with Crippen LogP contribution < -0.4 is 16.8 Å². The monoisotopic (exact) mass is 119 g/mol. The highest BCUT2D eigenvalue weighted by Crippen LogP contribution is 1.70. The minimum atomic E-state index is -0.574. The number of carbonyl (C=O) groups is 1. The molecule has 0 aliphatic carbocycles. The van der Waals surface area contributed by atoms with Gasteiger partial charge in [0.2, 0.25) is 0 Å². The lowest BCUT2D eigenvalue weighted by molar-refractivity contribution is 0.147. The zero-order chi connectivity index (χ0) is 6.41. The van der Waals surface area contributed by atoms with Crippen molar-refractivity contribution in [1.29, 1.82) is 0 Å². The van der Waals surface area contributed by atoms with Crippen LogP contribution in [0.4, 0.5) is 4.79 Å². The molecule has 0 saturated carbocycles. The van der Waals surface area contributed by atoms with Crippen LogP contribution in [0.15, 0.2) is 0 Å². The summed E-state index contributed by atoms with van der Waals surface area (Å²) in [4.78, 5) is 10.2. The molecule has 0 radical (unpaired) electrons. The Kier molecular flexibility index (Phi) is 3.91. The van der Waals surface area contributed by atoms with E-state index in [4.69, 9.17) is 5.84 Å². The van der Waals surface area contributed by atoms with Crippen molar-refractivity contribution in [3.8, 4) is 0 Å². The Balaban J connectivity index is 3.06. The third-order valence-corrected chi connectivity index (χ3v) is 0.450. The molecule has 0 aliphatic heterocycles. The predicted octanol–water partition coefficient (Wildman–Crippen LogP) is -0.889. The second-order valence-electron chi connectivity index (χ2n) is 0.990. The van der Waals surface area contributed by atoms with E-state index in [0.29, 0.717) is 6.61 Å². The van der Waals surface area contributed by atoms with E-state index in [1.54, 1.807) is 6.92 Å². The highest BCUT2D eigenvalue weighted by Gasteiger charge is 1.92. The van der Waals surface area contributed by atoms with Gasteiger partial charge < -0.3 is 4.74 Å². The first-order valence-corrected chi connectivity index (χ1v) is 2.19. The summed E-state index contributed by atoms with van der Waals surface area (Å²) in [6.45, 7) is 2.05. The minimum absolute atomic E-state index is 0.341. The molecule has 5 nitrogen and oxygen atoms in total. The summed E-state index contributed by atoms with van der Waals surface area (Å²) >= 11 is 0. The summed E-state index contributed by atoms with van der Waals surface area (Å²) in [6.07, 6.45) is -0.574. The molecule has 0 saturated heterocycles. The van der Waals surface area contributed by atoms with Crippen molar-refractivity contribution in [2.45, 2.75) is 6.92 Å². The summed E-state index contributed by atoms with van der Waals surface area (Å²) in [5.74, 6) is 4.70. The Hall–Kier alpha value is -0.810. The van der Waals surface area contributed by atoms with E-state index in [0.717, 1.165) is 0 Å². The average Bonchev–Trinajstić information content (AvgIpc) is 1.68. The molecule has 0 aromatic heterocycles. The summed E-state index contributed by atoms with van der Waals surface area (Å²) in [7, 11) is 0. The highest BCUT2D eigenvalue weighted by atomic mass is 16.6. The summed E-state index contributed by atoms with van der Waals surface area (Å²) in [6, 6.07) is 0. The quantitative estimate of drug-likeness (QED) is 0.325. The topological polar surface area (TPSA) is 76.4 Å². The Bertz CT molecular complexity index is 66.9. The van der Waals surface area contributed by atoms with E-state index >= 15 is 0 Å². The van der Waals surface area contributed by atoms with Crippen molar-refractivity contribution in [3.63, 3.8) is 0 Å². The molecule has 1 amide bonds. The van der Waals surface area contributed by atoms with Crippen LogP contribution in [0.5, 0.6) is 0 Å². The molecule has 0 atom stereocenters. The summed E-state index contributed by atoms with van der Waals surface area (Å²) < 4.78 is 4.39. The fourth-order valence-corrected chi connectivity index (χ4v) is 0.226. The van der Waals surface area contributed by atoms with Crippen LogP contribution in [0.2, 0.25) is 0 Å². The van der Waals surface area contributed by atoms with Gasteiger partial charge in [-0.3, -0.25) is 5.84 Å². The first-order valence-electron chi connectivity index (χ1n) is 2.19. The third-order valence-electron chi connectivity index (χ3n) is 0.450. The number of nitrogens with one attached hydrogen (secondary N) is 2. The number of carbonyl (C=O) groups excluding carboxylic acids is 1. The summed E-state index contributed by atoms with van der Waals surface area (Å²) in [5.41, 5.74) is 3.94. The number of hydrazine groups is 2. The second-order valence-corrected chi connectivity index (χ2v) is 0.990. The van der Waals surface area contributed by atoms with Crippen LogP contribution in [-0.4, -0.2) is 12.7 Å². The number of ether oxygens (including phenoxy) is 1. The number of rotatable bonds is 2. The number of amides is 1. The van der Waals surface area contributed by atoms with E-state index in [9.17, 15) is 4.79 Å². The molecular weight excluding hydrogens is 110 g/mol. The third kappa shape index (κ3) is 3.38. The molecule has 0 spiro atoms. The molecule has 0 rings (SSSR count). The van der Waals surface area contributed by atoms with Crippen molar-refractivity contribution >= 4 is 6.09 Å². The number of hydrogen-bond acceptors (Lipinski definition) is 4. The van der Waals surface area contributed by atoms with E-state index in [-0.39, 0.29) is 0 Å². The molecule has 0 fully saturated rings. The van der Waals surface area contributed by atoms with E-state index in [2.05, 4.69) is 4.74 Å². The van der Waals surface area contributed by atoms with Crippen LogP contribution in [0, 0.1) is 0 Å². The Morgan fingerprint density at radius 3 is 2.88 bits per heavy atom. The standard InChI is InChI=1S/C3H9N3O2/c1-2-8-3(7)5-6-4/h6H,2,4H2,1H3,(H,5,7). The van der Waals surface area contributed by atoms with Crippen LogP contribution >= 0.6 is 0 Å². The molecule has 0 heterocycles. The van der Waals surface area contributed by atoms with Gasteiger partial charge in [0.25, 0.3) is 0 Å². The zero-order valence-corrected chi connectivity index (χ0v) is 4.60. The van der Waals surface area contributed by atoms with Crippen molar-refractivity contribution in [2.24, 2.45) is 5.84 Å². The molecule has 48 valence electrons. The van der Waals surface area contributed by atoms with Gasteiger partial charge in [-0.05, 0) is 6.92 Å². The van der Waals surface area contributed by atoms with Crippen molar-refractivity contribution < 1.29 is 9.53 Å². The normalized spacial score (nSPS) is 8.25. The van der Waals surface area contributed by atoms with Gasteiger partial charge in [0.1, 0.15) is 0 Å². The molecule has 0 unspecified atom stereocenters. The zero-order valence-electron chi connectivity index (χ0n) is 4.60. The van der Waals surface area contributed by atoms with Gasteiger partial charge in [-0.25, -0.2) is 10.2 Å². The Morgan fingerprint density at radius 2 is 2.50 bits per heavy atom. The van der Waals surface area contributed by atoms with Crippen molar-refractivity contribution in [2.75, 3.05) is 6.61 Å². The second kappa shape index (κ2) is 4.35. The van der Waals surface area contributed by atoms with E-state index in [1.807, 2.05) is 11.0 Å². The van der Waals surface area contributed by atoms with Crippen LogP contribution in [0.1, 0.15) is 6.92 Å². The first-order chi connectivity index (χ1) is 3.81. The molecule has 0 bridgehead atoms. The molecule has 0 aromatic rings. The molecule has 5 heteroatoms. The maximum Gasteiger partial charge on any atom is 0.422 e. The fraction of sp³-hybridized carbons (Fsp3) is 0.667. The maximum atomic E-state index is 10.2. The van der Waals surface area contributed by atoms with Crippen molar-refractivity contribution in [3.05, 3.63) is 0 Å². The van der Waals surface area contributed by atoms with Gasteiger partial charge >= 0.3 is 6.09 Å². The van der Waals surface area contributed by atoms with Gasteiger partial charge in [-0.15, -0.1) is 0 Å². The number of nitrogens with two attached hydrogens (primary N) is 1. The first kappa shape index (κ1) is 7.19. The lowest BCUT2D eigenvalue weighted by Gasteiger charge is -2.00. The van der Waals surface area contributed by atoms with Crippen LogP contribution in [-0.2, 0) is 4.74 Å². The van der Waals surface area contributed by atoms with E-state index in [1.165, 1.54) is 0 Å². The van der Waals surface area contributed by atoms with Crippen LogP contribution in [0.3, 0.4) is 0 Å². The summed E-state index contributed by atoms with van der Waals surface area (Å²) in [5, 5.41) is 0. The minimum Gasteiger partial charge on any atom is -0.449 e. The Labute approximate surface area is 47.1 Å². The Morgan fingerprint density at radius 1 is 1.88 bits per heavy atom. The molecule has 0 aromatic carbocycles. The molecule has 0 aliphatic rings.